The zero-order valence-electron chi connectivity index (χ0n) is 12.1. The molecular formula is C15H14N2O4S2. The van der Waals surface area contributed by atoms with Gasteiger partial charge in [-0.3, -0.25) is 9.59 Å². The lowest BCUT2D eigenvalue weighted by atomic mass is 10.3. The summed E-state index contributed by atoms with van der Waals surface area (Å²) in [5, 5.41) is 4.53. The highest BCUT2D eigenvalue weighted by atomic mass is 32.2. The first kappa shape index (κ1) is 16.9. The summed E-state index contributed by atoms with van der Waals surface area (Å²) in [5.41, 5.74) is 0.451. The number of rotatable bonds is 5. The lowest BCUT2D eigenvalue weighted by molar-refractivity contribution is -0.117. The van der Waals surface area contributed by atoms with Crippen LogP contribution in [0, 0.1) is 0 Å². The molecule has 0 bridgehead atoms. The van der Waals surface area contributed by atoms with Gasteiger partial charge in [0.05, 0.1) is 4.90 Å². The van der Waals surface area contributed by atoms with Crippen LogP contribution < -0.4 is 10.0 Å². The highest BCUT2D eigenvalue weighted by Crippen LogP contribution is 2.14. The zero-order valence-corrected chi connectivity index (χ0v) is 13.8. The molecule has 8 heteroatoms. The molecule has 0 radical (unpaired) electrons. The highest BCUT2D eigenvalue weighted by molar-refractivity contribution is 7.90. The Bertz CT molecular complexity index is 823. The van der Waals surface area contributed by atoms with Crippen LogP contribution in [0.2, 0.25) is 0 Å². The van der Waals surface area contributed by atoms with Crippen molar-refractivity contribution >= 4 is 44.9 Å². The monoisotopic (exact) mass is 350 g/mol. The average Bonchev–Trinajstić information content (AvgIpc) is 2.97. The van der Waals surface area contributed by atoms with Crippen molar-refractivity contribution in [2.24, 2.45) is 0 Å². The van der Waals surface area contributed by atoms with E-state index in [4.69, 9.17) is 0 Å². The summed E-state index contributed by atoms with van der Waals surface area (Å²) >= 11 is 1.51. The van der Waals surface area contributed by atoms with Crippen LogP contribution in [0.5, 0.6) is 0 Å². The van der Waals surface area contributed by atoms with Gasteiger partial charge in [-0.2, -0.15) is 0 Å². The maximum absolute atomic E-state index is 11.8. The first-order valence-electron chi connectivity index (χ1n) is 6.53. The van der Waals surface area contributed by atoms with Crippen LogP contribution in [0.3, 0.4) is 0 Å². The van der Waals surface area contributed by atoms with Crippen LogP contribution in [-0.4, -0.2) is 20.2 Å². The largest absolute Gasteiger partial charge is 0.323 e. The van der Waals surface area contributed by atoms with Gasteiger partial charge in [-0.1, -0.05) is 6.07 Å². The molecule has 1 aromatic heterocycles. The maximum atomic E-state index is 11.8. The average molecular weight is 350 g/mol. The minimum absolute atomic E-state index is 0.0557. The molecule has 2 rings (SSSR count). The second-order valence-electron chi connectivity index (χ2n) is 4.52. The lowest BCUT2D eigenvalue weighted by Crippen LogP contribution is -2.28. The van der Waals surface area contributed by atoms with Crippen LogP contribution in [0.4, 0.5) is 5.69 Å². The summed E-state index contributed by atoms with van der Waals surface area (Å²) in [6.45, 7) is 1.12. The normalized spacial score (nSPS) is 11.3. The van der Waals surface area contributed by atoms with Crippen molar-refractivity contribution in [3.8, 4) is 0 Å². The molecular weight excluding hydrogens is 336 g/mol. The molecule has 0 saturated carbocycles. The minimum atomic E-state index is -3.87. The molecule has 1 aromatic carbocycles. The molecule has 2 aromatic rings. The van der Waals surface area contributed by atoms with Gasteiger partial charge in [-0.05, 0) is 41.8 Å². The van der Waals surface area contributed by atoms with Gasteiger partial charge in [0, 0.05) is 23.6 Å². The molecule has 2 amide bonds. The second-order valence-corrected chi connectivity index (χ2v) is 7.19. The van der Waals surface area contributed by atoms with Crippen molar-refractivity contribution in [3.05, 3.63) is 52.7 Å². The van der Waals surface area contributed by atoms with Gasteiger partial charge in [0.25, 0.3) is 10.0 Å². The third-order valence-corrected chi connectivity index (χ3v) is 4.94. The molecule has 0 saturated heterocycles. The first-order chi connectivity index (χ1) is 10.9. The molecule has 1 heterocycles. The van der Waals surface area contributed by atoms with Crippen molar-refractivity contribution in [3.63, 3.8) is 0 Å². The molecule has 120 valence electrons. The Kier molecular flexibility index (Phi) is 5.30. The number of hydrogen-bond donors (Lipinski definition) is 2. The Morgan fingerprint density at radius 2 is 1.83 bits per heavy atom. The molecule has 6 nitrogen and oxygen atoms in total. The lowest BCUT2D eigenvalue weighted by Gasteiger charge is -2.06. The fourth-order valence-corrected chi connectivity index (χ4v) is 3.30. The smallest absolute Gasteiger partial charge is 0.264 e. The molecule has 0 aliphatic carbocycles. The number of carbonyl (C=O) groups excluding carboxylic acids is 2. The second kappa shape index (κ2) is 7.21. The standard InChI is InChI=1S/C15H14N2O4S2/c1-11(18)17-23(20,21)14-7-4-12(5-8-14)16-15(19)9-6-13-3-2-10-22-13/h2-10H,1H3,(H,16,19)(H,17,18). The van der Waals surface area contributed by atoms with Crippen molar-refractivity contribution in [2.45, 2.75) is 11.8 Å². The summed E-state index contributed by atoms with van der Waals surface area (Å²) < 4.78 is 25.4. The van der Waals surface area contributed by atoms with E-state index in [9.17, 15) is 18.0 Å². The number of amides is 2. The maximum Gasteiger partial charge on any atom is 0.264 e. The Morgan fingerprint density at radius 1 is 1.13 bits per heavy atom. The third kappa shape index (κ3) is 5.04. The first-order valence-corrected chi connectivity index (χ1v) is 8.89. The van der Waals surface area contributed by atoms with Crippen LogP contribution in [0.1, 0.15) is 11.8 Å². The molecule has 0 spiro atoms. The van der Waals surface area contributed by atoms with E-state index < -0.39 is 15.9 Å². The van der Waals surface area contributed by atoms with Crippen LogP contribution in [0.25, 0.3) is 6.08 Å². The molecule has 0 fully saturated rings. The third-order valence-electron chi connectivity index (χ3n) is 2.65. The van der Waals surface area contributed by atoms with Gasteiger partial charge in [-0.15, -0.1) is 11.3 Å². The molecule has 0 unspecified atom stereocenters. The van der Waals surface area contributed by atoms with E-state index in [0.29, 0.717) is 5.69 Å². The van der Waals surface area contributed by atoms with E-state index in [2.05, 4.69) is 5.32 Å². The predicted molar refractivity (Wildman–Crippen MR) is 89.4 cm³/mol. The molecule has 2 N–H and O–H groups in total. The number of anilines is 1. The van der Waals surface area contributed by atoms with Gasteiger partial charge in [-0.25, -0.2) is 13.1 Å². The zero-order chi connectivity index (χ0) is 16.9. The Balaban J connectivity index is 2.02. The SMILES string of the molecule is CC(=O)NS(=O)(=O)c1ccc(NC(=O)C=Cc2cccs2)cc1. The number of carbonyl (C=O) groups is 2. The van der Waals surface area contributed by atoms with Gasteiger partial charge in [0.2, 0.25) is 11.8 Å². The fraction of sp³-hybridized carbons (Fsp3) is 0.0667. The highest BCUT2D eigenvalue weighted by Gasteiger charge is 2.15. The quantitative estimate of drug-likeness (QED) is 0.809. The summed E-state index contributed by atoms with van der Waals surface area (Å²) in [4.78, 5) is 23.5. The fourth-order valence-electron chi connectivity index (χ4n) is 1.69. The number of hydrogen-bond acceptors (Lipinski definition) is 5. The van der Waals surface area contributed by atoms with E-state index in [-0.39, 0.29) is 10.8 Å². The number of sulfonamides is 1. The van der Waals surface area contributed by atoms with Gasteiger partial charge < -0.3 is 5.32 Å². The van der Waals surface area contributed by atoms with Crippen molar-refractivity contribution < 1.29 is 18.0 Å². The Hall–Kier alpha value is -2.45. The van der Waals surface area contributed by atoms with Gasteiger partial charge in [0.1, 0.15) is 0 Å². The van der Waals surface area contributed by atoms with Crippen LogP contribution >= 0.6 is 11.3 Å². The Morgan fingerprint density at radius 3 is 2.39 bits per heavy atom. The number of thiophene rings is 1. The van der Waals surface area contributed by atoms with E-state index in [0.717, 1.165) is 11.8 Å². The van der Waals surface area contributed by atoms with E-state index in [1.165, 1.54) is 41.7 Å². The van der Waals surface area contributed by atoms with Crippen LogP contribution in [0.15, 0.2) is 52.7 Å². The minimum Gasteiger partial charge on any atom is -0.323 e. The van der Waals surface area contributed by atoms with Gasteiger partial charge >= 0.3 is 0 Å². The van der Waals surface area contributed by atoms with E-state index in [1.807, 2.05) is 22.2 Å². The van der Waals surface area contributed by atoms with Crippen LogP contribution in [-0.2, 0) is 19.6 Å². The summed E-state index contributed by atoms with van der Waals surface area (Å²) in [6, 6.07) is 9.29. The van der Waals surface area contributed by atoms with E-state index >= 15 is 0 Å². The van der Waals surface area contributed by atoms with Crippen molar-refractivity contribution in [2.75, 3.05) is 5.32 Å². The number of benzene rings is 1. The predicted octanol–water partition coefficient (Wildman–Crippen LogP) is 2.22. The molecule has 0 atom stereocenters. The summed E-state index contributed by atoms with van der Waals surface area (Å²) in [7, 11) is -3.87. The molecule has 23 heavy (non-hydrogen) atoms. The van der Waals surface area contributed by atoms with Gasteiger partial charge in [0.15, 0.2) is 0 Å². The van der Waals surface area contributed by atoms with Crippen molar-refractivity contribution in [1.82, 2.24) is 4.72 Å². The molecule has 0 aliphatic heterocycles. The Labute approximate surface area is 137 Å². The number of nitrogens with one attached hydrogen (secondary N) is 2. The van der Waals surface area contributed by atoms with Crippen molar-refractivity contribution in [1.29, 1.82) is 0 Å². The topological polar surface area (TPSA) is 92.3 Å². The summed E-state index contributed by atoms with van der Waals surface area (Å²) in [5.74, 6) is -0.989. The summed E-state index contributed by atoms with van der Waals surface area (Å²) in [6.07, 6.45) is 3.09. The molecule has 0 aliphatic rings. The van der Waals surface area contributed by atoms with E-state index in [1.54, 1.807) is 6.08 Å².